The molecule has 1 saturated carbocycles. The van der Waals surface area contributed by atoms with Crippen LogP contribution in [0.1, 0.15) is 62.6 Å². The highest BCUT2D eigenvalue weighted by molar-refractivity contribution is 7.99. The Morgan fingerprint density at radius 3 is 2.75 bits per heavy atom. The lowest BCUT2D eigenvalue weighted by atomic mass is 9.67. The molecule has 1 aromatic carbocycles. The predicted molar refractivity (Wildman–Crippen MR) is 126 cm³/mol. The molecule has 1 amide bonds. The molecule has 2 fully saturated rings. The Bertz CT molecular complexity index is 1040. The Balaban J connectivity index is 1.33. The Morgan fingerprint density at radius 2 is 2.09 bits per heavy atom. The maximum absolute atomic E-state index is 12.0. The second-order valence-electron chi connectivity index (χ2n) is 9.57. The first-order valence-electron chi connectivity index (χ1n) is 11.4. The fourth-order valence-corrected chi connectivity index (χ4v) is 6.60. The normalized spacial score (nSPS) is 29.5. The first-order chi connectivity index (χ1) is 15.4. The summed E-state index contributed by atoms with van der Waals surface area (Å²) < 4.78 is 5.64. The lowest BCUT2D eigenvalue weighted by Gasteiger charge is -2.38. The van der Waals surface area contributed by atoms with Gasteiger partial charge in [0.25, 0.3) is 0 Å². The van der Waals surface area contributed by atoms with Crippen LogP contribution in [0.4, 0.5) is 11.5 Å². The highest BCUT2D eigenvalue weighted by Gasteiger charge is 2.44. The van der Waals surface area contributed by atoms with Crippen molar-refractivity contribution in [3.63, 3.8) is 0 Å². The van der Waals surface area contributed by atoms with Crippen molar-refractivity contribution in [3.8, 4) is 0 Å². The van der Waals surface area contributed by atoms with Crippen molar-refractivity contribution in [1.29, 1.82) is 0 Å². The van der Waals surface area contributed by atoms with Gasteiger partial charge in [-0.1, -0.05) is 24.8 Å². The van der Waals surface area contributed by atoms with Crippen molar-refractivity contribution in [1.82, 2.24) is 9.97 Å². The second-order valence-corrected chi connectivity index (χ2v) is 10.6. The van der Waals surface area contributed by atoms with Gasteiger partial charge in [-0.3, -0.25) is 4.79 Å². The summed E-state index contributed by atoms with van der Waals surface area (Å²) in [7, 11) is 0. The molecule has 1 saturated heterocycles. The van der Waals surface area contributed by atoms with Gasteiger partial charge in [0, 0.05) is 47.3 Å². The molecule has 3 heterocycles. The standard InChI is InChI=1S/C24H31N5O2S/c1-14-11-29(15(2)30)18-4-3-5-19(21(14)18)32-23-22(26)28-17(10-27-23)16-6-8-24(9-7-16)13-31-12-20(24)25/h3-5,10,14,16,20H,6-9,11-13,25H2,1-2H3,(H2,26,28). The zero-order valence-corrected chi connectivity index (χ0v) is 19.5. The van der Waals surface area contributed by atoms with E-state index >= 15 is 0 Å². The number of nitrogens with zero attached hydrogens (tertiary/aromatic N) is 3. The Morgan fingerprint density at radius 1 is 1.31 bits per heavy atom. The first-order valence-corrected chi connectivity index (χ1v) is 12.2. The molecule has 0 bridgehead atoms. The van der Waals surface area contributed by atoms with Crippen LogP contribution >= 0.6 is 11.8 Å². The Labute approximate surface area is 193 Å². The lowest BCUT2D eigenvalue weighted by Crippen LogP contribution is -2.43. The van der Waals surface area contributed by atoms with Crippen LogP contribution in [-0.2, 0) is 9.53 Å². The third-order valence-corrected chi connectivity index (χ3v) is 8.61. The Kier molecular flexibility index (Phi) is 5.63. The second kappa shape index (κ2) is 8.32. The summed E-state index contributed by atoms with van der Waals surface area (Å²) in [5.41, 5.74) is 16.0. The summed E-state index contributed by atoms with van der Waals surface area (Å²) in [6.07, 6.45) is 6.11. The number of nitrogens with two attached hydrogens (primary N) is 2. The summed E-state index contributed by atoms with van der Waals surface area (Å²) in [6.45, 7) is 5.94. The number of benzene rings is 1. The zero-order valence-electron chi connectivity index (χ0n) is 18.7. The number of hydrogen-bond acceptors (Lipinski definition) is 7. The van der Waals surface area contributed by atoms with Gasteiger partial charge in [-0.2, -0.15) is 0 Å². The van der Waals surface area contributed by atoms with E-state index in [9.17, 15) is 4.79 Å². The van der Waals surface area contributed by atoms with E-state index in [1.807, 2.05) is 23.2 Å². The highest BCUT2D eigenvalue weighted by atomic mass is 32.2. The number of anilines is 2. The minimum atomic E-state index is 0.0702. The molecule has 7 nitrogen and oxygen atoms in total. The van der Waals surface area contributed by atoms with Crippen molar-refractivity contribution in [2.75, 3.05) is 30.4 Å². The van der Waals surface area contributed by atoms with Crippen LogP contribution in [0.25, 0.3) is 0 Å². The molecule has 3 aliphatic rings. The van der Waals surface area contributed by atoms with Crippen LogP contribution in [0.3, 0.4) is 0 Å². The molecule has 1 aliphatic carbocycles. The van der Waals surface area contributed by atoms with Crippen LogP contribution in [0.5, 0.6) is 0 Å². The number of aromatic nitrogens is 2. The molecule has 2 aromatic rings. The number of fused-ring (bicyclic) bond motifs is 1. The van der Waals surface area contributed by atoms with Crippen LogP contribution in [-0.4, -0.2) is 41.7 Å². The molecule has 8 heteroatoms. The van der Waals surface area contributed by atoms with Gasteiger partial charge in [-0.15, -0.1) is 0 Å². The average molecular weight is 454 g/mol. The molecule has 1 aromatic heterocycles. The van der Waals surface area contributed by atoms with E-state index < -0.39 is 0 Å². The third kappa shape index (κ3) is 3.68. The summed E-state index contributed by atoms with van der Waals surface area (Å²) in [4.78, 5) is 24.4. The van der Waals surface area contributed by atoms with Crippen molar-refractivity contribution in [2.45, 2.75) is 67.3 Å². The molecule has 2 aliphatic heterocycles. The molecule has 1 spiro atoms. The van der Waals surface area contributed by atoms with E-state index in [0.717, 1.165) is 48.6 Å². The molecule has 2 atom stereocenters. The predicted octanol–water partition coefficient (Wildman–Crippen LogP) is 3.68. The van der Waals surface area contributed by atoms with Gasteiger partial charge in [-0.25, -0.2) is 9.97 Å². The van der Waals surface area contributed by atoms with Gasteiger partial charge < -0.3 is 21.1 Å². The maximum atomic E-state index is 12.0. The largest absolute Gasteiger partial charge is 0.381 e. The summed E-state index contributed by atoms with van der Waals surface area (Å²) in [5, 5.41) is 0.717. The molecular weight excluding hydrogens is 422 g/mol. The van der Waals surface area contributed by atoms with Crippen LogP contribution in [0.15, 0.2) is 34.3 Å². The van der Waals surface area contributed by atoms with Crippen molar-refractivity contribution < 1.29 is 9.53 Å². The zero-order chi connectivity index (χ0) is 22.5. The van der Waals surface area contributed by atoms with Crippen molar-refractivity contribution in [3.05, 3.63) is 35.7 Å². The molecule has 32 heavy (non-hydrogen) atoms. The summed E-state index contributed by atoms with van der Waals surface area (Å²) >= 11 is 1.54. The number of ether oxygens (including phenoxy) is 1. The SMILES string of the molecule is CC(=O)N1CC(C)c2c(Sc3ncc(C4CCC5(CC4)COCC5N)nc3N)cccc21. The van der Waals surface area contributed by atoms with Gasteiger partial charge in [0.05, 0.1) is 25.1 Å². The summed E-state index contributed by atoms with van der Waals surface area (Å²) in [5.74, 6) is 1.18. The monoisotopic (exact) mass is 453 g/mol. The van der Waals surface area contributed by atoms with Gasteiger partial charge in [0.15, 0.2) is 5.82 Å². The molecular formula is C24H31N5O2S. The van der Waals surface area contributed by atoms with Crippen LogP contribution in [0.2, 0.25) is 0 Å². The fraction of sp³-hybridized carbons (Fsp3) is 0.542. The maximum Gasteiger partial charge on any atom is 0.223 e. The highest BCUT2D eigenvalue weighted by Crippen LogP contribution is 2.48. The van der Waals surface area contributed by atoms with E-state index in [1.54, 1.807) is 6.92 Å². The van der Waals surface area contributed by atoms with E-state index in [-0.39, 0.29) is 23.3 Å². The van der Waals surface area contributed by atoms with Gasteiger partial charge >= 0.3 is 0 Å². The van der Waals surface area contributed by atoms with Crippen molar-refractivity contribution >= 4 is 29.2 Å². The number of hydrogen-bond donors (Lipinski definition) is 2. The number of carbonyl (C=O) groups is 1. The van der Waals surface area contributed by atoms with Crippen LogP contribution in [0, 0.1) is 5.41 Å². The Hall–Kier alpha value is -2.16. The van der Waals surface area contributed by atoms with E-state index in [4.69, 9.17) is 26.2 Å². The number of nitrogen functional groups attached to an aromatic ring is 1. The number of amides is 1. The average Bonchev–Trinajstić information content (AvgIpc) is 3.31. The van der Waals surface area contributed by atoms with Gasteiger partial charge in [0.2, 0.25) is 5.91 Å². The smallest absolute Gasteiger partial charge is 0.223 e. The molecule has 4 N–H and O–H groups in total. The minimum absolute atomic E-state index is 0.0702. The van der Waals surface area contributed by atoms with E-state index in [1.165, 1.54) is 17.3 Å². The quantitative estimate of drug-likeness (QED) is 0.730. The number of carbonyl (C=O) groups excluding carboxylic acids is 1. The molecule has 0 radical (unpaired) electrons. The summed E-state index contributed by atoms with van der Waals surface area (Å²) in [6, 6.07) is 6.22. The topological polar surface area (TPSA) is 107 Å². The van der Waals surface area contributed by atoms with Gasteiger partial charge in [0.1, 0.15) is 5.03 Å². The number of rotatable bonds is 3. The fourth-order valence-electron chi connectivity index (χ4n) is 5.58. The van der Waals surface area contributed by atoms with Gasteiger partial charge in [-0.05, 0) is 43.4 Å². The molecule has 2 unspecified atom stereocenters. The first kappa shape index (κ1) is 21.7. The van der Waals surface area contributed by atoms with Crippen molar-refractivity contribution in [2.24, 2.45) is 11.1 Å². The van der Waals surface area contributed by atoms with Crippen LogP contribution < -0.4 is 16.4 Å². The molecule has 170 valence electrons. The van der Waals surface area contributed by atoms with E-state index in [2.05, 4.69) is 13.0 Å². The minimum Gasteiger partial charge on any atom is -0.381 e. The molecule has 5 rings (SSSR count). The third-order valence-electron chi connectivity index (χ3n) is 7.53. The van der Waals surface area contributed by atoms with E-state index in [0.29, 0.717) is 29.9 Å². The lowest BCUT2D eigenvalue weighted by molar-refractivity contribution is -0.116.